The smallest absolute Gasteiger partial charge is 0.106 e. The van der Waals surface area contributed by atoms with E-state index in [1.165, 1.54) is 11.1 Å². The van der Waals surface area contributed by atoms with Crippen molar-refractivity contribution >= 4 is 31.9 Å². The van der Waals surface area contributed by atoms with Crippen LogP contribution in [0.1, 0.15) is 11.1 Å². The highest BCUT2D eigenvalue weighted by Crippen LogP contribution is 2.06. The Kier molecular flexibility index (Phi) is 5.63. The van der Waals surface area contributed by atoms with Crippen LogP contribution in [0.5, 0.6) is 0 Å². The molecule has 2 aromatic heterocycles. The summed E-state index contributed by atoms with van der Waals surface area (Å²) >= 11 is 6.50. The molecule has 0 saturated carbocycles. The lowest BCUT2D eigenvalue weighted by Gasteiger charge is -1.88. The van der Waals surface area contributed by atoms with Crippen LogP contribution < -0.4 is 0 Å². The highest BCUT2D eigenvalue weighted by atomic mass is 79.9. The largest absolute Gasteiger partial charge is 0.249 e. The maximum Gasteiger partial charge on any atom is 0.106 e. The van der Waals surface area contributed by atoms with Crippen molar-refractivity contribution in [1.82, 2.24) is 9.97 Å². The molecule has 84 valence electrons. The SMILES string of the molecule is Cc1ccnc(Br)c1.Cc1ccnc(Br)c1. The van der Waals surface area contributed by atoms with Gasteiger partial charge in [-0.2, -0.15) is 0 Å². The first kappa shape index (κ1) is 13.3. The van der Waals surface area contributed by atoms with Crippen LogP contribution >= 0.6 is 31.9 Å². The van der Waals surface area contributed by atoms with E-state index in [2.05, 4.69) is 41.8 Å². The van der Waals surface area contributed by atoms with E-state index in [1.54, 1.807) is 12.4 Å². The maximum absolute atomic E-state index is 3.96. The van der Waals surface area contributed by atoms with Gasteiger partial charge >= 0.3 is 0 Å². The third-order valence-corrected chi connectivity index (χ3v) is 2.63. The average Bonchev–Trinajstić information content (AvgIpc) is 2.17. The fraction of sp³-hybridized carbons (Fsp3) is 0.167. The zero-order chi connectivity index (χ0) is 12.0. The summed E-state index contributed by atoms with van der Waals surface area (Å²) in [5, 5.41) is 0. The van der Waals surface area contributed by atoms with Gasteiger partial charge in [0.05, 0.1) is 0 Å². The molecule has 0 spiro atoms. The first-order valence-corrected chi connectivity index (χ1v) is 6.33. The number of aryl methyl sites for hydroxylation is 2. The molecule has 2 nitrogen and oxygen atoms in total. The number of hydrogen-bond donors (Lipinski definition) is 0. The van der Waals surface area contributed by atoms with Gasteiger partial charge in [0.2, 0.25) is 0 Å². The first-order valence-electron chi connectivity index (χ1n) is 4.74. The first-order chi connectivity index (χ1) is 7.58. The van der Waals surface area contributed by atoms with Crippen LogP contribution in [0.4, 0.5) is 0 Å². The number of halogens is 2. The van der Waals surface area contributed by atoms with E-state index in [0.717, 1.165) is 9.21 Å². The fourth-order valence-electron chi connectivity index (χ4n) is 0.999. The Hall–Kier alpha value is -0.740. The minimum Gasteiger partial charge on any atom is -0.249 e. The molecule has 2 heterocycles. The molecule has 0 bridgehead atoms. The van der Waals surface area contributed by atoms with E-state index < -0.39 is 0 Å². The molecule has 0 N–H and O–H groups in total. The second kappa shape index (κ2) is 6.76. The fourth-order valence-corrected chi connectivity index (χ4v) is 1.96. The molecule has 16 heavy (non-hydrogen) atoms. The molecule has 0 fully saturated rings. The van der Waals surface area contributed by atoms with Gasteiger partial charge in [-0.05, 0) is 81.1 Å². The monoisotopic (exact) mass is 342 g/mol. The van der Waals surface area contributed by atoms with Crippen LogP contribution in [0.15, 0.2) is 45.9 Å². The molecule has 0 aliphatic carbocycles. The predicted molar refractivity (Wildman–Crippen MR) is 73.3 cm³/mol. The molecule has 2 rings (SSSR count). The molecule has 0 aromatic carbocycles. The molecular weight excluding hydrogens is 332 g/mol. The Balaban J connectivity index is 0.000000160. The Bertz CT molecular complexity index is 380. The van der Waals surface area contributed by atoms with E-state index in [0.29, 0.717) is 0 Å². The molecule has 4 heteroatoms. The molecule has 0 atom stereocenters. The number of aromatic nitrogens is 2. The Labute approximate surface area is 112 Å². The molecule has 0 aliphatic heterocycles. The third kappa shape index (κ3) is 5.37. The molecule has 0 amide bonds. The van der Waals surface area contributed by atoms with Crippen molar-refractivity contribution in [2.75, 3.05) is 0 Å². The lowest BCUT2D eigenvalue weighted by molar-refractivity contribution is 1.24. The van der Waals surface area contributed by atoms with Gasteiger partial charge in [-0.1, -0.05) is 0 Å². The van der Waals surface area contributed by atoms with Gasteiger partial charge in [-0.3, -0.25) is 0 Å². The minimum atomic E-state index is 0.900. The standard InChI is InChI=1S/2C6H6BrN/c2*1-5-2-3-8-6(7)4-5/h2*2-4H,1H3. The summed E-state index contributed by atoms with van der Waals surface area (Å²) in [6, 6.07) is 7.87. The average molecular weight is 344 g/mol. The normalized spacial score (nSPS) is 9.25. The van der Waals surface area contributed by atoms with Crippen LogP contribution in [-0.2, 0) is 0 Å². The summed E-state index contributed by atoms with van der Waals surface area (Å²) in [5.41, 5.74) is 2.46. The van der Waals surface area contributed by atoms with Crippen molar-refractivity contribution in [3.8, 4) is 0 Å². The van der Waals surface area contributed by atoms with Crippen LogP contribution in [0.2, 0.25) is 0 Å². The van der Waals surface area contributed by atoms with Crippen LogP contribution in [0, 0.1) is 13.8 Å². The summed E-state index contributed by atoms with van der Waals surface area (Å²) in [7, 11) is 0. The number of pyridine rings is 2. The van der Waals surface area contributed by atoms with Crippen LogP contribution in [0.25, 0.3) is 0 Å². The zero-order valence-corrected chi connectivity index (χ0v) is 12.3. The zero-order valence-electron chi connectivity index (χ0n) is 9.11. The Morgan fingerprint density at radius 2 is 1.19 bits per heavy atom. The molecule has 0 radical (unpaired) electrons. The highest BCUT2D eigenvalue weighted by molar-refractivity contribution is 9.10. The predicted octanol–water partition coefficient (Wildman–Crippen LogP) is 4.31. The Morgan fingerprint density at radius 1 is 0.812 bits per heavy atom. The lowest BCUT2D eigenvalue weighted by Crippen LogP contribution is -1.73. The van der Waals surface area contributed by atoms with E-state index in [-0.39, 0.29) is 0 Å². The number of rotatable bonds is 0. The second-order valence-corrected chi connectivity index (χ2v) is 4.94. The van der Waals surface area contributed by atoms with Crippen molar-refractivity contribution in [2.24, 2.45) is 0 Å². The maximum atomic E-state index is 3.96. The topological polar surface area (TPSA) is 25.8 Å². The van der Waals surface area contributed by atoms with Crippen molar-refractivity contribution in [3.05, 3.63) is 57.0 Å². The second-order valence-electron chi connectivity index (χ2n) is 3.31. The third-order valence-electron chi connectivity index (χ3n) is 1.76. The lowest BCUT2D eigenvalue weighted by atomic mass is 10.3. The minimum absolute atomic E-state index is 0.900. The summed E-state index contributed by atoms with van der Waals surface area (Å²) in [6.07, 6.45) is 3.55. The Morgan fingerprint density at radius 3 is 1.38 bits per heavy atom. The van der Waals surface area contributed by atoms with E-state index >= 15 is 0 Å². The summed E-state index contributed by atoms with van der Waals surface area (Å²) in [4.78, 5) is 7.91. The van der Waals surface area contributed by atoms with Gasteiger partial charge in [0.1, 0.15) is 9.21 Å². The van der Waals surface area contributed by atoms with E-state index in [1.807, 2.05) is 38.1 Å². The van der Waals surface area contributed by atoms with Gasteiger partial charge in [-0.25, -0.2) is 9.97 Å². The molecule has 0 aliphatic rings. The van der Waals surface area contributed by atoms with Crippen molar-refractivity contribution in [2.45, 2.75) is 13.8 Å². The molecular formula is C12H12Br2N2. The van der Waals surface area contributed by atoms with Crippen molar-refractivity contribution in [3.63, 3.8) is 0 Å². The van der Waals surface area contributed by atoms with Crippen molar-refractivity contribution in [1.29, 1.82) is 0 Å². The summed E-state index contributed by atoms with van der Waals surface area (Å²) in [5.74, 6) is 0. The van der Waals surface area contributed by atoms with Gasteiger partial charge in [0, 0.05) is 12.4 Å². The van der Waals surface area contributed by atoms with Gasteiger partial charge < -0.3 is 0 Å². The number of nitrogens with zero attached hydrogens (tertiary/aromatic N) is 2. The quantitative estimate of drug-likeness (QED) is 0.666. The summed E-state index contributed by atoms with van der Waals surface area (Å²) in [6.45, 7) is 4.07. The van der Waals surface area contributed by atoms with Gasteiger partial charge in [0.15, 0.2) is 0 Å². The highest BCUT2D eigenvalue weighted by Gasteiger charge is 1.84. The van der Waals surface area contributed by atoms with Crippen LogP contribution in [0.3, 0.4) is 0 Å². The molecule has 2 aromatic rings. The number of hydrogen-bond acceptors (Lipinski definition) is 2. The van der Waals surface area contributed by atoms with Gasteiger partial charge in [0.25, 0.3) is 0 Å². The van der Waals surface area contributed by atoms with E-state index in [9.17, 15) is 0 Å². The molecule has 0 unspecified atom stereocenters. The molecule has 0 saturated heterocycles. The van der Waals surface area contributed by atoms with Gasteiger partial charge in [-0.15, -0.1) is 0 Å². The van der Waals surface area contributed by atoms with Crippen LogP contribution in [-0.4, -0.2) is 9.97 Å². The van der Waals surface area contributed by atoms with Crippen molar-refractivity contribution < 1.29 is 0 Å². The summed E-state index contributed by atoms with van der Waals surface area (Å²) < 4.78 is 1.80. The van der Waals surface area contributed by atoms with E-state index in [4.69, 9.17) is 0 Å².